The number of hydrogen-bond acceptors (Lipinski definition) is 3. The van der Waals surface area contributed by atoms with Gasteiger partial charge in [0.1, 0.15) is 0 Å². The molecule has 0 radical (unpaired) electrons. The SMILES string of the molecule is CCNC(=NCCc1cccc(C(=O)N(C)C)c1)NC1CCC(SC)C1. The molecule has 2 unspecified atom stereocenters. The lowest BCUT2D eigenvalue weighted by molar-refractivity contribution is 0.0827. The predicted octanol–water partition coefficient (Wildman–Crippen LogP) is 2.77. The van der Waals surface area contributed by atoms with Crippen molar-refractivity contribution in [2.75, 3.05) is 33.4 Å². The summed E-state index contributed by atoms with van der Waals surface area (Å²) in [6.45, 7) is 3.65. The van der Waals surface area contributed by atoms with E-state index in [0.717, 1.165) is 35.3 Å². The summed E-state index contributed by atoms with van der Waals surface area (Å²) in [5, 5.41) is 7.69. The molecule has 1 aromatic carbocycles. The number of carbonyl (C=O) groups excluding carboxylic acids is 1. The highest BCUT2D eigenvalue weighted by Gasteiger charge is 2.24. The lowest BCUT2D eigenvalue weighted by Gasteiger charge is -2.17. The minimum Gasteiger partial charge on any atom is -0.357 e. The number of thioether (sulfide) groups is 1. The van der Waals surface area contributed by atoms with Gasteiger partial charge in [-0.3, -0.25) is 9.79 Å². The summed E-state index contributed by atoms with van der Waals surface area (Å²) >= 11 is 1.97. The maximum atomic E-state index is 12.1. The van der Waals surface area contributed by atoms with E-state index in [0.29, 0.717) is 12.6 Å². The maximum absolute atomic E-state index is 12.1. The third kappa shape index (κ3) is 6.24. The topological polar surface area (TPSA) is 56.7 Å². The van der Waals surface area contributed by atoms with Crippen LogP contribution in [0.1, 0.15) is 42.1 Å². The fourth-order valence-corrected chi connectivity index (χ4v) is 4.01. The average Bonchev–Trinajstić information content (AvgIpc) is 3.09. The highest BCUT2D eigenvalue weighted by molar-refractivity contribution is 7.99. The molecule has 0 saturated heterocycles. The van der Waals surface area contributed by atoms with E-state index in [1.807, 2.05) is 30.0 Å². The Kier molecular flexibility index (Phi) is 8.29. The Morgan fingerprint density at radius 1 is 1.35 bits per heavy atom. The van der Waals surface area contributed by atoms with Gasteiger partial charge in [-0.2, -0.15) is 11.8 Å². The van der Waals surface area contributed by atoms with Crippen LogP contribution in [0.4, 0.5) is 0 Å². The Balaban J connectivity index is 1.91. The molecule has 1 fully saturated rings. The van der Waals surface area contributed by atoms with Crippen molar-refractivity contribution in [3.8, 4) is 0 Å². The second-order valence-electron chi connectivity index (χ2n) is 6.92. The van der Waals surface area contributed by atoms with Gasteiger partial charge in [-0.15, -0.1) is 0 Å². The molecule has 1 aliphatic carbocycles. The van der Waals surface area contributed by atoms with Gasteiger partial charge in [0.2, 0.25) is 0 Å². The predicted molar refractivity (Wildman–Crippen MR) is 112 cm³/mol. The first kappa shape index (κ1) is 20.6. The second kappa shape index (κ2) is 10.5. The van der Waals surface area contributed by atoms with Gasteiger partial charge in [-0.1, -0.05) is 12.1 Å². The van der Waals surface area contributed by atoms with Crippen molar-refractivity contribution in [2.45, 2.75) is 43.9 Å². The first-order valence-electron chi connectivity index (χ1n) is 9.41. The monoisotopic (exact) mass is 376 g/mol. The molecule has 26 heavy (non-hydrogen) atoms. The zero-order valence-electron chi connectivity index (χ0n) is 16.4. The smallest absolute Gasteiger partial charge is 0.253 e. The van der Waals surface area contributed by atoms with E-state index in [2.05, 4.69) is 29.9 Å². The quantitative estimate of drug-likeness (QED) is 0.568. The molecular formula is C20H32N4OS. The Hall–Kier alpha value is -1.69. The fourth-order valence-electron chi connectivity index (χ4n) is 3.21. The molecule has 2 rings (SSSR count). The van der Waals surface area contributed by atoms with Gasteiger partial charge < -0.3 is 15.5 Å². The number of amides is 1. The fraction of sp³-hybridized carbons (Fsp3) is 0.600. The zero-order chi connectivity index (χ0) is 18.9. The molecule has 1 aliphatic rings. The van der Waals surface area contributed by atoms with Crippen molar-refractivity contribution in [1.82, 2.24) is 15.5 Å². The second-order valence-corrected chi connectivity index (χ2v) is 8.06. The summed E-state index contributed by atoms with van der Waals surface area (Å²) in [5.74, 6) is 0.940. The lowest BCUT2D eigenvalue weighted by Crippen LogP contribution is -2.42. The van der Waals surface area contributed by atoms with E-state index in [1.54, 1.807) is 19.0 Å². The van der Waals surface area contributed by atoms with Crippen LogP contribution in [0.3, 0.4) is 0 Å². The first-order valence-corrected chi connectivity index (χ1v) is 10.7. The molecule has 2 atom stereocenters. The normalized spacial score (nSPS) is 20.1. The van der Waals surface area contributed by atoms with Crippen LogP contribution in [-0.4, -0.2) is 61.5 Å². The number of aliphatic imine (C=N–C) groups is 1. The Morgan fingerprint density at radius 3 is 2.81 bits per heavy atom. The van der Waals surface area contributed by atoms with Gasteiger partial charge in [-0.05, 0) is 56.6 Å². The van der Waals surface area contributed by atoms with Crippen molar-refractivity contribution in [3.05, 3.63) is 35.4 Å². The molecule has 0 aliphatic heterocycles. The molecule has 5 nitrogen and oxygen atoms in total. The number of nitrogens with zero attached hydrogens (tertiary/aromatic N) is 2. The Bertz CT molecular complexity index is 618. The van der Waals surface area contributed by atoms with Crippen LogP contribution in [0.25, 0.3) is 0 Å². The zero-order valence-corrected chi connectivity index (χ0v) is 17.2. The van der Waals surface area contributed by atoms with Crippen molar-refractivity contribution < 1.29 is 4.79 Å². The first-order chi connectivity index (χ1) is 12.5. The molecule has 6 heteroatoms. The van der Waals surface area contributed by atoms with E-state index < -0.39 is 0 Å². The summed E-state index contributed by atoms with van der Waals surface area (Å²) in [6.07, 6.45) is 6.72. The molecule has 1 saturated carbocycles. The average molecular weight is 377 g/mol. The molecule has 2 N–H and O–H groups in total. The van der Waals surface area contributed by atoms with E-state index in [4.69, 9.17) is 4.99 Å². The molecule has 1 amide bonds. The third-order valence-electron chi connectivity index (χ3n) is 4.65. The van der Waals surface area contributed by atoms with Gasteiger partial charge in [0, 0.05) is 44.0 Å². The van der Waals surface area contributed by atoms with E-state index in [-0.39, 0.29) is 5.91 Å². The number of nitrogens with one attached hydrogen (secondary N) is 2. The molecule has 0 aromatic heterocycles. The summed E-state index contributed by atoms with van der Waals surface area (Å²) in [7, 11) is 3.55. The van der Waals surface area contributed by atoms with Crippen molar-refractivity contribution >= 4 is 23.6 Å². The van der Waals surface area contributed by atoms with Crippen LogP contribution in [0.5, 0.6) is 0 Å². The summed E-state index contributed by atoms with van der Waals surface area (Å²) in [6, 6.07) is 8.36. The Labute approximate surface area is 162 Å². The standard InChI is InChI=1S/C20H32N4OS/c1-5-21-20(23-17-9-10-18(14-17)26-4)22-12-11-15-7-6-8-16(13-15)19(25)24(2)3/h6-8,13,17-18H,5,9-12,14H2,1-4H3,(H2,21,22,23). The van der Waals surface area contributed by atoms with Crippen LogP contribution in [0, 0.1) is 0 Å². The summed E-state index contributed by atoms with van der Waals surface area (Å²) in [5.41, 5.74) is 1.87. The lowest BCUT2D eigenvalue weighted by atomic mass is 10.1. The minimum atomic E-state index is 0.0370. The molecule has 1 aromatic rings. The molecule has 0 bridgehead atoms. The Morgan fingerprint density at radius 2 is 2.15 bits per heavy atom. The number of rotatable bonds is 7. The third-order valence-corrected chi connectivity index (χ3v) is 5.75. The van der Waals surface area contributed by atoms with Gasteiger partial charge in [-0.25, -0.2) is 0 Å². The van der Waals surface area contributed by atoms with Gasteiger partial charge in [0.25, 0.3) is 5.91 Å². The van der Waals surface area contributed by atoms with Crippen molar-refractivity contribution in [1.29, 1.82) is 0 Å². The molecule has 0 heterocycles. The maximum Gasteiger partial charge on any atom is 0.253 e. The van der Waals surface area contributed by atoms with E-state index in [9.17, 15) is 4.79 Å². The van der Waals surface area contributed by atoms with Crippen LogP contribution in [0.15, 0.2) is 29.3 Å². The van der Waals surface area contributed by atoms with Crippen molar-refractivity contribution in [2.24, 2.45) is 4.99 Å². The molecular weight excluding hydrogens is 344 g/mol. The van der Waals surface area contributed by atoms with Crippen LogP contribution in [0.2, 0.25) is 0 Å². The summed E-state index contributed by atoms with van der Waals surface area (Å²) in [4.78, 5) is 18.4. The molecule has 144 valence electrons. The van der Waals surface area contributed by atoms with Gasteiger partial charge in [0.05, 0.1) is 0 Å². The molecule has 0 spiro atoms. The number of guanidine groups is 1. The van der Waals surface area contributed by atoms with E-state index >= 15 is 0 Å². The highest BCUT2D eigenvalue weighted by atomic mass is 32.2. The number of hydrogen-bond donors (Lipinski definition) is 2. The van der Waals surface area contributed by atoms with Gasteiger partial charge in [0.15, 0.2) is 5.96 Å². The van der Waals surface area contributed by atoms with Crippen LogP contribution < -0.4 is 10.6 Å². The minimum absolute atomic E-state index is 0.0370. The van der Waals surface area contributed by atoms with E-state index in [1.165, 1.54) is 19.3 Å². The van der Waals surface area contributed by atoms with Gasteiger partial charge >= 0.3 is 0 Å². The van der Waals surface area contributed by atoms with Crippen LogP contribution in [-0.2, 0) is 6.42 Å². The number of benzene rings is 1. The largest absolute Gasteiger partial charge is 0.357 e. The van der Waals surface area contributed by atoms with Crippen molar-refractivity contribution in [3.63, 3.8) is 0 Å². The summed E-state index contributed by atoms with van der Waals surface area (Å²) < 4.78 is 0. The van der Waals surface area contributed by atoms with Crippen LogP contribution >= 0.6 is 11.8 Å². The highest BCUT2D eigenvalue weighted by Crippen LogP contribution is 2.28. The number of carbonyl (C=O) groups is 1.